The smallest absolute Gasteiger partial charge is 0.188 e. The predicted octanol–water partition coefficient (Wildman–Crippen LogP) is 2.16. The van der Waals surface area contributed by atoms with Crippen LogP contribution in [0.4, 0.5) is 0 Å². The van der Waals surface area contributed by atoms with E-state index in [2.05, 4.69) is 24.2 Å². The summed E-state index contributed by atoms with van der Waals surface area (Å²) >= 11 is 0. The molecule has 0 radical (unpaired) electrons. The number of hydrogen-bond donors (Lipinski definition) is 2. The van der Waals surface area contributed by atoms with Crippen LogP contribution in [-0.2, 0) is 11.3 Å². The summed E-state index contributed by atoms with van der Waals surface area (Å²) < 4.78 is 10.5. The van der Waals surface area contributed by atoms with Crippen LogP contribution in [0.2, 0.25) is 0 Å². The fourth-order valence-electron chi connectivity index (χ4n) is 1.70. The number of aliphatic imine (C=N–C) groups is 1. The van der Waals surface area contributed by atoms with Crippen LogP contribution in [0.15, 0.2) is 29.3 Å². The molecule has 0 aliphatic carbocycles. The first-order valence-corrected chi connectivity index (χ1v) is 7.36. The van der Waals surface area contributed by atoms with Crippen LogP contribution in [0, 0.1) is 5.92 Å². The van der Waals surface area contributed by atoms with E-state index < -0.39 is 0 Å². The molecule has 21 heavy (non-hydrogen) atoms. The Labute approximate surface area is 127 Å². The van der Waals surface area contributed by atoms with Gasteiger partial charge in [-0.3, -0.25) is 0 Å². The van der Waals surface area contributed by atoms with Gasteiger partial charge in [0.05, 0.1) is 13.2 Å². The highest BCUT2D eigenvalue weighted by Gasteiger charge is 1.98. The lowest BCUT2D eigenvalue weighted by Gasteiger charge is -2.08. The molecule has 0 spiro atoms. The van der Waals surface area contributed by atoms with Crippen LogP contribution in [0.3, 0.4) is 0 Å². The Morgan fingerprint density at radius 2 is 2.14 bits per heavy atom. The maximum Gasteiger partial charge on any atom is 0.188 e. The van der Waals surface area contributed by atoms with Crippen LogP contribution < -0.4 is 15.8 Å². The molecule has 0 unspecified atom stereocenters. The van der Waals surface area contributed by atoms with Gasteiger partial charge in [-0.25, -0.2) is 4.99 Å². The molecule has 118 valence electrons. The molecule has 0 bridgehead atoms. The third-order valence-corrected chi connectivity index (χ3v) is 2.91. The average Bonchev–Trinajstić information content (AvgIpc) is 2.45. The van der Waals surface area contributed by atoms with Crippen molar-refractivity contribution in [3.8, 4) is 5.75 Å². The molecule has 0 saturated carbocycles. The normalized spacial score (nSPS) is 11.7. The summed E-state index contributed by atoms with van der Waals surface area (Å²) in [7, 11) is 1.66. The zero-order chi connectivity index (χ0) is 15.5. The number of methoxy groups -OCH3 is 1. The Morgan fingerprint density at radius 1 is 1.33 bits per heavy atom. The molecule has 3 N–H and O–H groups in total. The molecular formula is C16H27N3O2. The average molecular weight is 293 g/mol. The van der Waals surface area contributed by atoms with E-state index in [1.165, 1.54) is 0 Å². The first-order chi connectivity index (χ1) is 10.1. The number of nitrogens with zero attached hydrogens (tertiary/aromatic N) is 1. The van der Waals surface area contributed by atoms with E-state index in [1.807, 2.05) is 24.3 Å². The third-order valence-electron chi connectivity index (χ3n) is 2.91. The standard InChI is InChI=1S/C16H27N3O2/c1-13(2)7-8-18-16(17)19-12-14-5-4-6-15(11-14)21-10-9-20-3/h4-6,11,13H,7-10,12H2,1-3H3,(H3,17,18,19). The Balaban J connectivity index is 2.41. The summed E-state index contributed by atoms with van der Waals surface area (Å²) in [5, 5.41) is 3.12. The van der Waals surface area contributed by atoms with Gasteiger partial charge in [0.2, 0.25) is 0 Å². The van der Waals surface area contributed by atoms with Crippen molar-refractivity contribution in [3.63, 3.8) is 0 Å². The van der Waals surface area contributed by atoms with Gasteiger partial charge < -0.3 is 20.5 Å². The van der Waals surface area contributed by atoms with E-state index in [4.69, 9.17) is 15.2 Å². The number of benzene rings is 1. The second-order valence-corrected chi connectivity index (χ2v) is 5.30. The number of ether oxygens (including phenoxy) is 2. The fourth-order valence-corrected chi connectivity index (χ4v) is 1.70. The molecule has 0 aliphatic rings. The van der Waals surface area contributed by atoms with Crippen molar-refractivity contribution in [3.05, 3.63) is 29.8 Å². The summed E-state index contributed by atoms with van der Waals surface area (Å²) in [5.41, 5.74) is 6.90. The Kier molecular flexibility index (Phi) is 8.28. The van der Waals surface area contributed by atoms with Gasteiger partial charge in [0.15, 0.2) is 5.96 Å². The van der Waals surface area contributed by atoms with E-state index in [-0.39, 0.29) is 0 Å². The van der Waals surface area contributed by atoms with Gasteiger partial charge in [-0.2, -0.15) is 0 Å². The van der Waals surface area contributed by atoms with Crippen molar-refractivity contribution in [1.82, 2.24) is 5.32 Å². The van der Waals surface area contributed by atoms with Gasteiger partial charge in [0.1, 0.15) is 12.4 Å². The van der Waals surface area contributed by atoms with Gasteiger partial charge in [0.25, 0.3) is 0 Å². The van der Waals surface area contributed by atoms with Crippen molar-refractivity contribution < 1.29 is 9.47 Å². The second kappa shape index (κ2) is 10.0. The molecule has 1 aromatic rings. The molecule has 0 heterocycles. The van der Waals surface area contributed by atoms with E-state index in [0.717, 1.165) is 24.3 Å². The van der Waals surface area contributed by atoms with Crippen LogP contribution in [0.25, 0.3) is 0 Å². The minimum absolute atomic E-state index is 0.487. The minimum atomic E-state index is 0.487. The Morgan fingerprint density at radius 3 is 2.86 bits per heavy atom. The zero-order valence-corrected chi connectivity index (χ0v) is 13.3. The number of guanidine groups is 1. The van der Waals surface area contributed by atoms with Crippen molar-refractivity contribution in [2.24, 2.45) is 16.6 Å². The van der Waals surface area contributed by atoms with Crippen molar-refractivity contribution in [1.29, 1.82) is 0 Å². The first kappa shape index (κ1) is 17.3. The molecule has 0 atom stereocenters. The van der Waals surface area contributed by atoms with Crippen molar-refractivity contribution in [2.75, 3.05) is 26.9 Å². The predicted molar refractivity (Wildman–Crippen MR) is 86.6 cm³/mol. The van der Waals surface area contributed by atoms with E-state index in [1.54, 1.807) is 7.11 Å². The van der Waals surface area contributed by atoms with E-state index in [0.29, 0.717) is 31.6 Å². The Hall–Kier alpha value is -1.75. The zero-order valence-electron chi connectivity index (χ0n) is 13.3. The highest BCUT2D eigenvalue weighted by atomic mass is 16.5. The van der Waals surface area contributed by atoms with Crippen LogP contribution in [-0.4, -0.2) is 32.8 Å². The maximum absolute atomic E-state index is 5.84. The molecular weight excluding hydrogens is 266 g/mol. The van der Waals surface area contributed by atoms with Crippen molar-refractivity contribution in [2.45, 2.75) is 26.8 Å². The summed E-state index contributed by atoms with van der Waals surface area (Å²) in [5.74, 6) is 1.97. The van der Waals surface area contributed by atoms with Crippen LogP contribution >= 0.6 is 0 Å². The maximum atomic E-state index is 5.84. The highest BCUT2D eigenvalue weighted by Crippen LogP contribution is 2.13. The first-order valence-electron chi connectivity index (χ1n) is 7.36. The van der Waals surface area contributed by atoms with Crippen LogP contribution in [0.5, 0.6) is 5.75 Å². The lowest BCUT2D eigenvalue weighted by Crippen LogP contribution is -2.32. The van der Waals surface area contributed by atoms with E-state index >= 15 is 0 Å². The van der Waals surface area contributed by atoms with Gasteiger partial charge >= 0.3 is 0 Å². The van der Waals surface area contributed by atoms with Gasteiger partial charge in [-0.15, -0.1) is 0 Å². The van der Waals surface area contributed by atoms with Gasteiger partial charge in [-0.05, 0) is 30.0 Å². The summed E-state index contributed by atoms with van der Waals surface area (Å²) in [6.45, 7) is 6.89. The van der Waals surface area contributed by atoms with Crippen molar-refractivity contribution >= 4 is 5.96 Å². The monoisotopic (exact) mass is 293 g/mol. The quantitative estimate of drug-likeness (QED) is 0.416. The number of rotatable bonds is 9. The highest BCUT2D eigenvalue weighted by molar-refractivity contribution is 5.77. The molecule has 0 aliphatic heterocycles. The second-order valence-electron chi connectivity index (χ2n) is 5.30. The molecule has 1 aromatic carbocycles. The molecule has 0 saturated heterocycles. The molecule has 5 heteroatoms. The molecule has 0 amide bonds. The summed E-state index contributed by atoms with van der Waals surface area (Å²) in [6.07, 6.45) is 1.08. The lowest BCUT2D eigenvalue weighted by atomic mass is 10.1. The number of nitrogens with two attached hydrogens (primary N) is 1. The molecule has 1 rings (SSSR count). The summed E-state index contributed by atoms with van der Waals surface area (Å²) in [6, 6.07) is 7.86. The fraction of sp³-hybridized carbons (Fsp3) is 0.562. The van der Waals surface area contributed by atoms with Gasteiger partial charge in [0, 0.05) is 13.7 Å². The van der Waals surface area contributed by atoms with Crippen LogP contribution in [0.1, 0.15) is 25.8 Å². The van der Waals surface area contributed by atoms with Gasteiger partial charge in [-0.1, -0.05) is 26.0 Å². The molecule has 5 nitrogen and oxygen atoms in total. The minimum Gasteiger partial charge on any atom is -0.491 e. The third kappa shape index (κ3) is 8.19. The summed E-state index contributed by atoms with van der Waals surface area (Å²) in [4.78, 5) is 4.33. The number of nitrogens with one attached hydrogen (secondary N) is 1. The number of hydrogen-bond acceptors (Lipinski definition) is 3. The molecule has 0 aromatic heterocycles. The topological polar surface area (TPSA) is 68.9 Å². The largest absolute Gasteiger partial charge is 0.491 e. The Bertz CT molecular complexity index is 433. The molecule has 0 fully saturated rings. The SMILES string of the molecule is COCCOc1cccc(CN=C(N)NCCC(C)C)c1. The lowest BCUT2D eigenvalue weighted by molar-refractivity contribution is 0.146. The van der Waals surface area contributed by atoms with E-state index in [9.17, 15) is 0 Å².